The molecule has 2 amide bonds. The summed E-state index contributed by atoms with van der Waals surface area (Å²) in [5.74, 6) is -0.275. The van der Waals surface area contributed by atoms with Crippen LogP contribution < -0.4 is 10.9 Å². The first-order valence-electron chi connectivity index (χ1n) is 10.4. The second-order valence-electron chi connectivity index (χ2n) is 8.04. The number of H-pyrrole nitrogens is 1. The van der Waals surface area contributed by atoms with Crippen molar-refractivity contribution in [3.63, 3.8) is 0 Å². The van der Waals surface area contributed by atoms with Crippen LogP contribution in [0.2, 0.25) is 0 Å². The van der Waals surface area contributed by atoms with Crippen molar-refractivity contribution in [2.75, 3.05) is 6.54 Å². The van der Waals surface area contributed by atoms with Crippen LogP contribution in [0.4, 0.5) is 0 Å². The van der Waals surface area contributed by atoms with Crippen molar-refractivity contribution in [1.29, 1.82) is 0 Å². The number of pyridine rings is 1. The summed E-state index contributed by atoms with van der Waals surface area (Å²) in [6, 6.07) is 4.83. The number of hydrogen-bond acceptors (Lipinski definition) is 4. The van der Waals surface area contributed by atoms with E-state index >= 15 is 0 Å². The molecule has 1 atom stereocenters. The molecule has 154 valence electrons. The summed E-state index contributed by atoms with van der Waals surface area (Å²) in [5.41, 5.74) is 1.48. The highest BCUT2D eigenvalue weighted by Crippen LogP contribution is 2.31. The molecule has 2 aromatic rings. The fourth-order valence-corrected chi connectivity index (χ4v) is 4.34. The average Bonchev–Trinajstić information content (AvgIpc) is 3.41. The van der Waals surface area contributed by atoms with Gasteiger partial charge < -0.3 is 14.8 Å². The van der Waals surface area contributed by atoms with Gasteiger partial charge in [0, 0.05) is 31.9 Å². The zero-order valence-electron chi connectivity index (χ0n) is 16.7. The van der Waals surface area contributed by atoms with Crippen molar-refractivity contribution in [3.8, 4) is 0 Å². The summed E-state index contributed by atoms with van der Waals surface area (Å²) >= 11 is 0. The lowest BCUT2D eigenvalue weighted by Crippen LogP contribution is -2.39. The Morgan fingerprint density at radius 3 is 2.66 bits per heavy atom. The highest BCUT2D eigenvalue weighted by molar-refractivity contribution is 5.94. The van der Waals surface area contributed by atoms with E-state index in [1.165, 1.54) is 10.6 Å². The van der Waals surface area contributed by atoms with Crippen LogP contribution in [-0.4, -0.2) is 44.1 Å². The molecule has 2 aromatic heterocycles. The Kier molecular flexibility index (Phi) is 5.51. The number of nitrogens with one attached hydrogen (secondary N) is 2. The van der Waals surface area contributed by atoms with E-state index in [-0.39, 0.29) is 29.5 Å². The van der Waals surface area contributed by atoms with E-state index in [2.05, 4.69) is 15.5 Å². The number of aryl methyl sites for hydroxylation is 1. The summed E-state index contributed by atoms with van der Waals surface area (Å²) < 4.78 is 1.41. The number of hydrogen-bond donors (Lipinski definition) is 2. The Labute approximate surface area is 169 Å². The second kappa shape index (κ2) is 8.23. The van der Waals surface area contributed by atoms with Gasteiger partial charge in [-0.1, -0.05) is 12.8 Å². The minimum Gasteiger partial charge on any atom is -0.348 e. The van der Waals surface area contributed by atoms with Gasteiger partial charge in [-0.25, -0.2) is 0 Å². The molecule has 29 heavy (non-hydrogen) atoms. The Bertz CT molecular complexity index is 957. The maximum Gasteiger partial charge on any atom is 0.271 e. The molecule has 2 N–H and O–H groups in total. The molecule has 0 radical (unpaired) electrons. The quantitative estimate of drug-likeness (QED) is 0.826. The number of aromatic amines is 1. The number of likely N-dealkylation sites (tertiary alicyclic amines) is 1. The van der Waals surface area contributed by atoms with Gasteiger partial charge in [-0.15, -0.1) is 0 Å². The van der Waals surface area contributed by atoms with E-state index in [9.17, 15) is 14.4 Å². The molecule has 1 unspecified atom stereocenters. The third-order valence-electron chi connectivity index (χ3n) is 5.98. The van der Waals surface area contributed by atoms with Gasteiger partial charge in [-0.3, -0.25) is 19.5 Å². The average molecular weight is 397 g/mol. The molecular formula is C21H27N5O3. The molecule has 1 saturated carbocycles. The highest BCUT2D eigenvalue weighted by Gasteiger charge is 2.31. The summed E-state index contributed by atoms with van der Waals surface area (Å²) in [7, 11) is 1.64. The lowest BCUT2D eigenvalue weighted by atomic mass is 9.98. The van der Waals surface area contributed by atoms with Gasteiger partial charge in [0.25, 0.3) is 11.8 Å². The van der Waals surface area contributed by atoms with Gasteiger partial charge in [0.2, 0.25) is 5.56 Å². The summed E-state index contributed by atoms with van der Waals surface area (Å²) in [5, 5.41) is 10.2. The van der Waals surface area contributed by atoms with E-state index < -0.39 is 0 Å². The summed E-state index contributed by atoms with van der Waals surface area (Å²) in [6.45, 7) is 0.634. The predicted molar refractivity (Wildman–Crippen MR) is 108 cm³/mol. The smallest absolute Gasteiger partial charge is 0.271 e. The topological polar surface area (TPSA) is 100 Å². The number of rotatable bonds is 4. The first kappa shape index (κ1) is 19.4. The molecular weight excluding hydrogens is 370 g/mol. The maximum atomic E-state index is 13.1. The van der Waals surface area contributed by atoms with E-state index in [1.807, 2.05) is 4.90 Å². The van der Waals surface area contributed by atoms with Crippen molar-refractivity contribution < 1.29 is 9.59 Å². The van der Waals surface area contributed by atoms with Gasteiger partial charge >= 0.3 is 0 Å². The Balaban J connectivity index is 1.52. The van der Waals surface area contributed by atoms with Crippen LogP contribution in [0.15, 0.2) is 29.2 Å². The molecule has 1 aliphatic carbocycles. The summed E-state index contributed by atoms with van der Waals surface area (Å²) in [6.07, 6.45) is 8.66. The van der Waals surface area contributed by atoms with Gasteiger partial charge in [0.15, 0.2) is 0 Å². The van der Waals surface area contributed by atoms with Crippen LogP contribution in [0.3, 0.4) is 0 Å². The molecule has 0 aromatic carbocycles. The molecule has 4 rings (SSSR count). The van der Waals surface area contributed by atoms with E-state index in [0.717, 1.165) is 50.6 Å². The van der Waals surface area contributed by atoms with Crippen molar-refractivity contribution in [2.24, 2.45) is 7.05 Å². The fourth-order valence-electron chi connectivity index (χ4n) is 4.34. The van der Waals surface area contributed by atoms with Crippen LogP contribution in [0.25, 0.3) is 0 Å². The number of nitrogens with zero attached hydrogens (tertiary/aromatic N) is 3. The van der Waals surface area contributed by atoms with Crippen LogP contribution in [0, 0.1) is 0 Å². The Morgan fingerprint density at radius 2 is 1.90 bits per heavy atom. The van der Waals surface area contributed by atoms with E-state index in [1.54, 1.807) is 25.4 Å². The molecule has 1 aliphatic heterocycles. The zero-order valence-corrected chi connectivity index (χ0v) is 16.7. The normalized spacial score (nSPS) is 20.0. The third-order valence-corrected chi connectivity index (χ3v) is 5.98. The molecule has 2 fully saturated rings. The monoisotopic (exact) mass is 397 g/mol. The van der Waals surface area contributed by atoms with Crippen molar-refractivity contribution >= 4 is 11.8 Å². The summed E-state index contributed by atoms with van der Waals surface area (Å²) in [4.78, 5) is 39.1. The first-order chi connectivity index (χ1) is 14.0. The van der Waals surface area contributed by atoms with Crippen molar-refractivity contribution in [2.45, 2.75) is 57.0 Å². The van der Waals surface area contributed by atoms with Gasteiger partial charge in [-0.2, -0.15) is 5.10 Å². The lowest BCUT2D eigenvalue weighted by Gasteiger charge is -2.35. The van der Waals surface area contributed by atoms with Gasteiger partial charge in [0.1, 0.15) is 5.69 Å². The number of carbonyl (C=O) groups excluding carboxylic acids is 2. The standard InChI is InChI=1S/C21H27N5O3/c1-25-13-14(9-10-19(25)27)21(29)26-11-5-4-8-18(26)16-12-17(24-23-16)20(28)22-15-6-2-3-7-15/h9-10,12-13,15,18H,2-8,11H2,1H3,(H,22,28)(H,23,24). The largest absolute Gasteiger partial charge is 0.348 e. The second-order valence-corrected chi connectivity index (χ2v) is 8.04. The van der Waals surface area contributed by atoms with Crippen LogP contribution in [0.1, 0.15) is 77.5 Å². The highest BCUT2D eigenvalue weighted by atomic mass is 16.2. The zero-order chi connectivity index (χ0) is 20.4. The number of aromatic nitrogens is 3. The first-order valence-corrected chi connectivity index (χ1v) is 10.4. The van der Waals surface area contributed by atoms with Crippen LogP contribution in [-0.2, 0) is 7.05 Å². The van der Waals surface area contributed by atoms with Crippen molar-refractivity contribution in [3.05, 3.63) is 51.7 Å². The maximum absolute atomic E-state index is 13.1. The van der Waals surface area contributed by atoms with Crippen molar-refractivity contribution in [1.82, 2.24) is 25.0 Å². The molecule has 8 nitrogen and oxygen atoms in total. The fraction of sp³-hybridized carbons (Fsp3) is 0.524. The van der Waals surface area contributed by atoms with E-state index in [0.29, 0.717) is 17.8 Å². The predicted octanol–water partition coefficient (Wildman–Crippen LogP) is 2.15. The molecule has 2 aliphatic rings. The Hall–Kier alpha value is -2.90. The molecule has 1 saturated heterocycles. The van der Waals surface area contributed by atoms with Gasteiger partial charge in [0.05, 0.1) is 17.3 Å². The minimum atomic E-state index is -0.161. The molecule has 8 heteroatoms. The number of piperidine rings is 1. The third kappa shape index (κ3) is 4.11. The van der Waals surface area contributed by atoms with Crippen LogP contribution in [0.5, 0.6) is 0 Å². The SMILES string of the molecule is Cn1cc(C(=O)N2CCCCC2c2cc(C(=O)NC3CCCC3)n[nH]2)ccc1=O. The molecule has 0 spiro atoms. The number of amides is 2. The Morgan fingerprint density at radius 1 is 1.14 bits per heavy atom. The lowest BCUT2D eigenvalue weighted by molar-refractivity contribution is 0.0605. The number of carbonyl (C=O) groups is 2. The van der Waals surface area contributed by atoms with Crippen LogP contribution >= 0.6 is 0 Å². The van der Waals surface area contributed by atoms with Gasteiger partial charge in [-0.05, 0) is 44.2 Å². The molecule has 0 bridgehead atoms. The minimum absolute atomic E-state index is 0.114. The van der Waals surface area contributed by atoms with E-state index in [4.69, 9.17) is 0 Å². The molecule has 3 heterocycles.